The summed E-state index contributed by atoms with van der Waals surface area (Å²) in [6.07, 6.45) is 3.67. The lowest BCUT2D eigenvalue weighted by Crippen LogP contribution is -2.46. The van der Waals surface area contributed by atoms with E-state index in [4.69, 9.17) is 9.47 Å². The second kappa shape index (κ2) is 7.79. The Bertz CT molecular complexity index is 880. The predicted octanol–water partition coefficient (Wildman–Crippen LogP) is 3.30. The molecule has 0 saturated carbocycles. The highest BCUT2D eigenvalue weighted by Crippen LogP contribution is 2.49. The molecular formula is C21H26N2O4S. The van der Waals surface area contributed by atoms with E-state index in [2.05, 4.69) is 34.3 Å². The average molecular weight is 403 g/mol. The van der Waals surface area contributed by atoms with E-state index in [0.29, 0.717) is 5.25 Å². The molecule has 7 heteroatoms. The molecule has 1 N–H and O–H groups in total. The fraction of sp³-hybridized carbons (Fsp3) is 0.524. The molecule has 3 heterocycles. The van der Waals surface area contributed by atoms with Gasteiger partial charge in [0.2, 0.25) is 0 Å². The van der Waals surface area contributed by atoms with Crippen LogP contribution in [0.15, 0.2) is 24.3 Å². The van der Waals surface area contributed by atoms with Gasteiger partial charge in [-0.1, -0.05) is 18.2 Å². The number of methoxy groups -OCH3 is 2. The van der Waals surface area contributed by atoms with Crippen molar-refractivity contribution in [3.8, 4) is 0 Å². The molecule has 4 rings (SSSR count). The monoisotopic (exact) mass is 402 g/mol. The topological polar surface area (TPSA) is 71.6 Å². The van der Waals surface area contributed by atoms with Crippen LogP contribution in [-0.4, -0.2) is 55.4 Å². The molecule has 6 nitrogen and oxygen atoms in total. The third-order valence-corrected chi connectivity index (χ3v) is 7.21. The molecule has 0 aliphatic carbocycles. The summed E-state index contributed by atoms with van der Waals surface area (Å²) < 4.78 is 9.82. The average Bonchev–Trinajstić information content (AvgIpc) is 3.13. The van der Waals surface area contributed by atoms with Crippen molar-refractivity contribution < 1.29 is 19.1 Å². The van der Waals surface area contributed by atoms with Crippen molar-refractivity contribution in [2.45, 2.75) is 24.1 Å². The molecule has 0 radical (unpaired) electrons. The molecule has 0 bridgehead atoms. The number of thioether (sulfide) groups is 1. The number of para-hydroxylation sites is 1. The number of rotatable bonds is 4. The number of piperidine rings is 1. The molecule has 1 fully saturated rings. The Morgan fingerprint density at radius 3 is 2.61 bits per heavy atom. The highest BCUT2D eigenvalue weighted by Gasteiger charge is 2.45. The summed E-state index contributed by atoms with van der Waals surface area (Å²) in [7, 11) is 2.65. The predicted molar refractivity (Wildman–Crippen MR) is 109 cm³/mol. The van der Waals surface area contributed by atoms with Gasteiger partial charge >= 0.3 is 11.9 Å². The minimum atomic E-state index is -0.858. The van der Waals surface area contributed by atoms with E-state index in [0.717, 1.165) is 31.4 Å². The zero-order valence-electron chi connectivity index (χ0n) is 16.4. The van der Waals surface area contributed by atoms with E-state index in [1.54, 1.807) is 0 Å². The Balaban J connectivity index is 1.71. The number of nitrogens with one attached hydrogen (secondary N) is 1. The Morgan fingerprint density at radius 1 is 1.21 bits per heavy atom. The van der Waals surface area contributed by atoms with E-state index in [9.17, 15) is 9.59 Å². The molecule has 2 aliphatic heterocycles. The Hall–Kier alpha value is -1.99. The number of fused-ring (bicyclic) bond motifs is 5. The van der Waals surface area contributed by atoms with E-state index in [1.165, 1.54) is 30.9 Å². The number of ether oxygens (including phenoxy) is 2. The van der Waals surface area contributed by atoms with Crippen LogP contribution >= 0.6 is 11.8 Å². The van der Waals surface area contributed by atoms with E-state index in [-0.39, 0.29) is 12.0 Å². The number of hydrogen-bond donors (Lipinski definition) is 1. The molecule has 2 aromatic rings. The van der Waals surface area contributed by atoms with Crippen LogP contribution in [0.3, 0.4) is 0 Å². The van der Waals surface area contributed by atoms with Crippen LogP contribution in [0, 0.1) is 11.8 Å². The first kappa shape index (κ1) is 19.3. The van der Waals surface area contributed by atoms with Gasteiger partial charge < -0.3 is 14.5 Å². The summed E-state index contributed by atoms with van der Waals surface area (Å²) in [5, 5.41) is 1.69. The lowest BCUT2D eigenvalue weighted by molar-refractivity contribution is -0.163. The van der Waals surface area contributed by atoms with Crippen LogP contribution in [0.5, 0.6) is 0 Å². The van der Waals surface area contributed by atoms with Gasteiger partial charge in [0.15, 0.2) is 5.92 Å². The minimum absolute atomic E-state index is 0.0914. The first-order valence-electron chi connectivity index (χ1n) is 9.62. The summed E-state index contributed by atoms with van der Waals surface area (Å²) in [6, 6.07) is 8.58. The number of nitrogens with zero attached hydrogens (tertiary/aromatic N) is 1. The van der Waals surface area contributed by atoms with Gasteiger partial charge in [-0.3, -0.25) is 14.5 Å². The van der Waals surface area contributed by atoms with Gasteiger partial charge in [-0.25, -0.2) is 0 Å². The van der Waals surface area contributed by atoms with Crippen molar-refractivity contribution in [2.24, 2.45) is 11.8 Å². The minimum Gasteiger partial charge on any atom is -0.468 e. The maximum Gasteiger partial charge on any atom is 0.320 e. The van der Waals surface area contributed by atoms with Crippen molar-refractivity contribution >= 4 is 34.6 Å². The fourth-order valence-electron chi connectivity index (χ4n) is 4.89. The fourth-order valence-corrected chi connectivity index (χ4v) is 5.72. The molecular weight excluding hydrogens is 376 g/mol. The highest BCUT2D eigenvalue weighted by atomic mass is 32.2. The quantitative estimate of drug-likeness (QED) is 0.625. The number of carbonyl (C=O) groups is 2. The number of aromatic nitrogens is 1. The van der Waals surface area contributed by atoms with Crippen LogP contribution in [-0.2, 0) is 19.1 Å². The Morgan fingerprint density at radius 2 is 1.93 bits per heavy atom. The number of hydrogen-bond acceptors (Lipinski definition) is 6. The number of benzene rings is 1. The highest BCUT2D eigenvalue weighted by molar-refractivity contribution is 7.98. The Kier molecular flexibility index (Phi) is 5.38. The van der Waals surface area contributed by atoms with E-state index < -0.39 is 17.9 Å². The molecule has 28 heavy (non-hydrogen) atoms. The summed E-state index contributed by atoms with van der Waals surface area (Å²) in [5.74, 6) is -1.95. The molecule has 1 saturated heterocycles. The van der Waals surface area contributed by atoms with Gasteiger partial charge in [0.1, 0.15) is 0 Å². The number of H-pyrrole nitrogens is 1. The summed E-state index contributed by atoms with van der Waals surface area (Å²) >= 11 is 1.88. The van der Waals surface area contributed by atoms with Crippen LogP contribution in [0.25, 0.3) is 10.9 Å². The third-order valence-electron chi connectivity index (χ3n) is 6.25. The second-order valence-corrected chi connectivity index (χ2v) is 8.58. The van der Waals surface area contributed by atoms with Gasteiger partial charge in [-0.15, -0.1) is 0 Å². The van der Waals surface area contributed by atoms with Gasteiger partial charge in [0.05, 0.1) is 20.3 Å². The number of aromatic amines is 1. The largest absolute Gasteiger partial charge is 0.468 e. The summed E-state index contributed by atoms with van der Waals surface area (Å²) in [6.45, 7) is 1.83. The molecule has 1 aromatic heterocycles. The number of carbonyl (C=O) groups excluding carboxylic acids is 2. The SMILES string of the molecule is COC(=O)C(C(=O)OC)[C@@H]1CCN2C[C@@H](SC)c3c([nH]c4ccccc34)[C@@H]2C1. The lowest BCUT2D eigenvalue weighted by Gasteiger charge is -2.45. The van der Waals surface area contributed by atoms with E-state index >= 15 is 0 Å². The first-order valence-corrected chi connectivity index (χ1v) is 10.9. The standard InChI is InChI=1S/C21H26N2O4S/c1-26-20(24)17(21(25)27-2)12-8-9-23-11-16(28-3)18-13-6-4-5-7-14(13)22-19(18)15(23)10-12/h4-7,12,15-17,22H,8-11H2,1-3H3/t12-,15+,16-/m1/s1. The Labute approximate surface area is 168 Å². The molecule has 0 unspecified atom stereocenters. The van der Waals surface area contributed by atoms with Crippen LogP contribution in [0.4, 0.5) is 0 Å². The second-order valence-electron chi connectivity index (χ2n) is 7.54. The normalized spacial score (nSPS) is 24.6. The number of esters is 2. The molecule has 3 atom stereocenters. The molecule has 150 valence electrons. The van der Waals surface area contributed by atoms with Gasteiger partial charge in [-0.05, 0) is 43.2 Å². The smallest absolute Gasteiger partial charge is 0.320 e. The maximum absolute atomic E-state index is 12.3. The molecule has 2 aliphatic rings. The maximum atomic E-state index is 12.3. The van der Waals surface area contributed by atoms with Crippen molar-refractivity contribution in [1.29, 1.82) is 0 Å². The summed E-state index contributed by atoms with van der Waals surface area (Å²) in [4.78, 5) is 30.7. The van der Waals surface area contributed by atoms with Crippen LogP contribution in [0.1, 0.15) is 35.4 Å². The molecule has 0 amide bonds. The molecule has 1 aromatic carbocycles. The van der Waals surface area contributed by atoms with Crippen molar-refractivity contribution in [2.75, 3.05) is 33.6 Å². The van der Waals surface area contributed by atoms with Crippen molar-refractivity contribution in [3.63, 3.8) is 0 Å². The van der Waals surface area contributed by atoms with Crippen LogP contribution in [0.2, 0.25) is 0 Å². The van der Waals surface area contributed by atoms with Crippen molar-refractivity contribution in [3.05, 3.63) is 35.5 Å². The van der Waals surface area contributed by atoms with Crippen molar-refractivity contribution in [1.82, 2.24) is 9.88 Å². The summed E-state index contributed by atoms with van der Waals surface area (Å²) in [5.41, 5.74) is 3.75. The molecule has 0 spiro atoms. The van der Waals surface area contributed by atoms with E-state index in [1.807, 2.05) is 17.8 Å². The first-order chi connectivity index (χ1) is 13.6. The zero-order valence-corrected chi connectivity index (χ0v) is 17.3. The van der Waals surface area contributed by atoms with Crippen LogP contribution < -0.4 is 0 Å². The third kappa shape index (κ3) is 3.10. The van der Waals surface area contributed by atoms with Gasteiger partial charge in [0, 0.05) is 28.4 Å². The lowest BCUT2D eigenvalue weighted by atomic mass is 9.78. The van der Waals surface area contributed by atoms with Gasteiger partial charge in [-0.2, -0.15) is 11.8 Å². The zero-order chi connectivity index (χ0) is 19.8. The van der Waals surface area contributed by atoms with Gasteiger partial charge in [0.25, 0.3) is 0 Å².